The number of hydrogen-bond donors (Lipinski definition) is 0. The monoisotopic (exact) mass is 247 g/mol. The van der Waals surface area contributed by atoms with Gasteiger partial charge in [-0.3, -0.25) is 4.79 Å². The first-order valence-electron chi connectivity index (χ1n) is 7.18. The van der Waals surface area contributed by atoms with Gasteiger partial charge in [0, 0.05) is 19.2 Å². The lowest BCUT2D eigenvalue weighted by Crippen LogP contribution is -2.26. The average Bonchev–Trinajstić information content (AvgIpc) is 2.80. The standard InChI is InChI=1S/C16H25NO/c1-13-7-6-10-16(2,3)14(13)8-9-15(18)17-11-4-5-12-17/h8-9H,4-7,10-12H2,1-3H3. The minimum absolute atomic E-state index is 0.189. The summed E-state index contributed by atoms with van der Waals surface area (Å²) in [6, 6.07) is 0. The quantitative estimate of drug-likeness (QED) is 0.681. The van der Waals surface area contributed by atoms with E-state index in [1.54, 1.807) is 6.08 Å². The Kier molecular flexibility index (Phi) is 3.94. The van der Waals surface area contributed by atoms with E-state index in [2.05, 4.69) is 26.8 Å². The highest BCUT2D eigenvalue weighted by atomic mass is 16.2. The van der Waals surface area contributed by atoms with Crippen LogP contribution >= 0.6 is 0 Å². The zero-order valence-electron chi connectivity index (χ0n) is 12.0. The second-order valence-corrected chi connectivity index (χ2v) is 6.30. The minimum atomic E-state index is 0.189. The SMILES string of the molecule is CC1=C(C=CC(=O)N2CCCC2)C(C)(C)CCC1. The molecule has 2 aliphatic rings. The number of likely N-dealkylation sites (tertiary alicyclic amines) is 1. The Morgan fingerprint density at radius 2 is 1.89 bits per heavy atom. The van der Waals surface area contributed by atoms with Gasteiger partial charge in [-0.2, -0.15) is 0 Å². The fourth-order valence-electron chi connectivity index (χ4n) is 3.21. The molecule has 2 nitrogen and oxygen atoms in total. The number of carbonyl (C=O) groups is 1. The number of nitrogens with zero attached hydrogens (tertiary/aromatic N) is 1. The van der Waals surface area contributed by atoms with Gasteiger partial charge in [0.25, 0.3) is 0 Å². The van der Waals surface area contributed by atoms with Crippen molar-refractivity contribution in [1.29, 1.82) is 0 Å². The molecule has 1 heterocycles. The van der Waals surface area contributed by atoms with Crippen molar-refractivity contribution in [2.75, 3.05) is 13.1 Å². The molecule has 1 aliphatic heterocycles. The molecule has 0 bridgehead atoms. The molecule has 0 aromatic heterocycles. The maximum absolute atomic E-state index is 12.0. The molecule has 0 aromatic carbocycles. The van der Waals surface area contributed by atoms with Crippen LogP contribution in [0.5, 0.6) is 0 Å². The lowest BCUT2D eigenvalue weighted by Gasteiger charge is -2.32. The van der Waals surface area contributed by atoms with E-state index in [4.69, 9.17) is 0 Å². The van der Waals surface area contributed by atoms with E-state index in [0.717, 1.165) is 25.9 Å². The predicted octanol–water partition coefficient (Wildman–Crippen LogP) is 3.69. The summed E-state index contributed by atoms with van der Waals surface area (Å²) in [4.78, 5) is 14.0. The van der Waals surface area contributed by atoms with Gasteiger partial charge < -0.3 is 4.90 Å². The summed E-state index contributed by atoms with van der Waals surface area (Å²) in [5.41, 5.74) is 3.06. The summed E-state index contributed by atoms with van der Waals surface area (Å²) in [6.45, 7) is 8.65. The maximum Gasteiger partial charge on any atom is 0.246 e. The number of carbonyl (C=O) groups excluding carboxylic acids is 1. The molecule has 0 atom stereocenters. The van der Waals surface area contributed by atoms with Crippen molar-refractivity contribution < 1.29 is 4.79 Å². The molecule has 0 N–H and O–H groups in total. The van der Waals surface area contributed by atoms with E-state index in [0.29, 0.717) is 0 Å². The molecule has 1 aliphatic carbocycles. The molecule has 1 saturated heterocycles. The largest absolute Gasteiger partial charge is 0.339 e. The lowest BCUT2D eigenvalue weighted by atomic mass is 9.72. The van der Waals surface area contributed by atoms with Gasteiger partial charge >= 0.3 is 0 Å². The van der Waals surface area contributed by atoms with Crippen LogP contribution in [-0.4, -0.2) is 23.9 Å². The number of rotatable bonds is 2. The highest BCUT2D eigenvalue weighted by Crippen LogP contribution is 2.40. The Morgan fingerprint density at radius 1 is 1.22 bits per heavy atom. The van der Waals surface area contributed by atoms with Crippen molar-refractivity contribution in [1.82, 2.24) is 4.90 Å². The van der Waals surface area contributed by atoms with Crippen LogP contribution in [0.4, 0.5) is 0 Å². The van der Waals surface area contributed by atoms with E-state index in [9.17, 15) is 4.79 Å². The molecule has 2 rings (SSSR count). The third kappa shape index (κ3) is 2.85. The van der Waals surface area contributed by atoms with Crippen LogP contribution in [0.25, 0.3) is 0 Å². The molecule has 0 spiro atoms. The summed E-state index contributed by atoms with van der Waals surface area (Å²) in [5, 5.41) is 0. The van der Waals surface area contributed by atoms with E-state index in [1.807, 2.05) is 4.90 Å². The van der Waals surface area contributed by atoms with Gasteiger partial charge in [0.2, 0.25) is 5.91 Å². The van der Waals surface area contributed by atoms with E-state index < -0.39 is 0 Å². The van der Waals surface area contributed by atoms with Crippen LogP contribution in [0.1, 0.15) is 52.9 Å². The molecule has 2 heteroatoms. The van der Waals surface area contributed by atoms with Gasteiger partial charge in [0.15, 0.2) is 0 Å². The van der Waals surface area contributed by atoms with Crippen molar-refractivity contribution in [3.8, 4) is 0 Å². The zero-order valence-corrected chi connectivity index (χ0v) is 12.0. The topological polar surface area (TPSA) is 20.3 Å². The minimum Gasteiger partial charge on any atom is -0.339 e. The van der Waals surface area contributed by atoms with Crippen molar-refractivity contribution in [3.63, 3.8) is 0 Å². The second-order valence-electron chi connectivity index (χ2n) is 6.30. The van der Waals surface area contributed by atoms with E-state index >= 15 is 0 Å². The summed E-state index contributed by atoms with van der Waals surface area (Å²) in [6.07, 6.45) is 9.87. The first-order chi connectivity index (χ1) is 8.50. The summed E-state index contributed by atoms with van der Waals surface area (Å²) in [5.74, 6) is 0.189. The normalized spacial score (nSPS) is 24.1. The molecular weight excluding hydrogens is 222 g/mol. The second kappa shape index (κ2) is 5.29. The van der Waals surface area contributed by atoms with Crippen molar-refractivity contribution >= 4 is 5.91 Å². The molecular formula is C16H25NO. The molecule has 0 aromatic rings. The molecule has 0 saturated carbocycles. The fraction of sp³-hybridized carbons (Fsp3) is 0.688. The zero-order chi connectivity index (χ0) is 13.2. The van der Waals surface area contributed by atoms with Crippen LogP contribution in [0.3, 0.4) is 0 Å². The highest BCUT2D eigenvalue weighted by molar-refractivity contribution is 5.88. The molecule has 1 fully saturated rings. The van der Waals surface area contributed by atoms with Gasteiger partial charge in [0.05, 0.1) is 0 Å². The maximum atomic E-state index is 12.0. The van der Waals surface area contributed by atoms with Gasteiger partial charge in [-0.1, -0.05) is 25.5 Å². The Bertz CT molecular complexity index is 384. The average molecular weight is 247 g/mol. The number of allylic oxidation sites excluding steroid dienone is 3. The van der Waals surface area contributed by atoms with Crippen molar-refractivity contribution in [2.45, 2.75) is 52.9 Å². The Labute approximate surface area is 111 Å². The van der Waals surface area contributed by atoms with Crippen LogP contribution in [0.2, 0.25) is 0 Å². The Balaban J connectivity index is 2.09. The summed E-state index contributed by atoms with van der Waals surface area (Å²) >= 11 is 0. The van der Waals surface area contributed by atoms with E-state index in [-0.39, 0.29) is 11.3 Å². The van der Waals surface area contributed by atoms with Gasteiger partial charge in [-0.15, -0.1) is 0 Å². The van der Waals surface area contributed by atoms with Crippen molar-refractivity contribution in [2.24, 2.45) is 5.41 Å². The van der Waals surface area contributed by atoms with Crippen LogP contribution in [0, 0.1) is 5.41 Å². The highest BCUT2D eigenvalue weighted by Gasteiger charge is 2.27. The van der Waals surface area contributed by atoms with Gasteiger partial charge in [-0.25, -0.2) is 0 Å². The smallest absolute Gasteiger partial charge is 0.246 e. The van der Waals surface area contributed by atoms with Crippen LogP contribution < -0.4 is 0 Å². The van der Waals surface area contributed by atoms with Crippen LogP contribution in [-0.2, 0) is 4.79 Å². The van der Waals surface area contributed by atoms with Crippen LogP contribution in [0.15, 0.2) is 23.3 Å². The molecule has 1 amide bonds. The first-order valence-corrected chi connectivity index (χ1v) is 7.18. The summed E-state index contributed by atoms with van der Waals surface area (Å²) in [7, 11) is 0. The first kappa shape index (κ1) is 13.4. The summed E-state index contributed by atoms with van der Waals surface area (Å²) < 4.78 is 0. The third-order valence-corrected chi connectivity index (χ3v) is 4.35. The Hall–Kier alpha value is -1.05. The number of hydrogen-bond acceptors (Lipinski definition) is 1. The molecule has 0 unspecified atom stereocenters. The number of amides is 1. The fourth-order valence-corrected chi connectivity index (χ4v) is 3.21. The van der Waals surface area contributed by atoms with Gasteiger partial charge in [-0.05, 0) is 50.0 Å². The lowest BCUT2D eigenvalue weighted by molar-refractivity contribution is -0.125. The Morgan fingerprint density at radius 3 is 2.50 bits per heavy atom. The van der Waals surface area contributed by atoms with Gasteiger partial charge in [0.1, 0.15) is 0 Å². The molecule has 18 heavy (non-hydrogen) atoms. The van der Waals surface area contributed by atoms with E-state index in [1.165, 1.54) is 30.4 Å². The molecule has 0 radical (unpaired) electrons. The van der Waals surface area contributed by atoms with Crippen molar-refractivity contribution in [3.05, 3.63) is 23.3 Å². The predicted molar refractivity (Wildman–Crippen MR) is 75.3 cm³/mol. The third-order valence-electron chi connectivity index (χ3n) is 4.35. The molecule has 100 valence electrons.